The molecule has 0 unspecified atom stereocenters. The summed E-state index contributed by atoms with van der Waals surface area (Å²) in [5, 5.41) is 1.95. The maximum Gasteiger partial charge on any atom is 0.154 e. The highest BCUT2D eigenvalue weighted by atomic mass is 79.9. The van der Waals surface area contributed by atoms with Crippen molar-refractivity contribution in [2.75, 3.05) is 0 Å². The van der Waals surface area contributed by atoms with Crippen LogP contribution < -0.4 is 5.73 Å². The van der Waals surface area contributed by atoms with Crippen LogP contribution in [0.2, 0.25) is 0 Å². The SMILES string of the molecule is Cc1csc(Sc2ccc(CN)c(Br)c2F)n1. The van der Waals surface area contributed by atoms with Crippen LogP contribution in [0.3, 0.4) is 0 Å². The van der Waals surface area contributed by atoms with E-state index in [4.69, 9.17) is 5.73 Å². The third-order valence-corrected chi connectivity index (χ3v) is 5.09. The molecular weight excluding hydrogens is 323 g/mol. The Labute approximate surface area is 116 Å². The molecule has 0 saturated carbocycles. The lowest BCUT2D eigenvalue weighted by Gasteiger charge is -2.06. The van der Waals surface area contributed by atoms with Gasteiger partial charge in [0.05, 0.1) is 9.37 Å². The summed E-state index contributed by atoms with van der Waals surface area (Å²) >= 11 is 6.07. The van der Waals surface area contributed by atoms with Crippen LogP contribution in [0.25, 0.3) is 0 Å². The highest BCUT2D eigenvalue weighted by Gasteiger charge is 2.12. The number of benzene rings is 1. The summed E-state index contributed by atoms with van der Waals surface area (Å²) in [7, 11) is 0. The van der Waals surface area contributed by atoms with E-state index in [0.29, 0.717) is 15.9 Å². The summed E-state index contributed by atoms with van der Waals surface area (Å²) in [5.41, 5.74) is 7.23. The minimum atomic E-state index is -0.272. The molecule has 2 aromatic rings. The predicted molar refractivity (Wildman–Crippen MR) is 73.0 cm³/mol. The zero-order valence-electron chi connectivity index (χ0n) is 9.04. The third kappa shape index (κ3) is 2.88. The summed E-state index contributed by atoms with van der Waals surface area (Å²) in [6, 6.07) is 3.57. The molecule has 2 nitrogen and oxygen atoms in total. The summed E-state index contributed by atoms with van der Waals surface area (Å²) in [5.74, 6) is -0.272. The van der Waals surface area contributed by atoms with Crippen molar-refractivity contribution in [1.29, 1.82) is 0 Å². The summed E-state index contributed by atoms with van der Waals surface area (Å²) < 4.78 is 15.3. The molecule has 1 aromatic carbocycles. The largest absolute Gasteiger partial charge is 0.326 e. The highest BCUT2D eigenvalue weighted by molar-refractivity contribution is 9.10. The van der Waals surface area contributed by atoms with Crippen molar-refractivity contribution in [3.8, 4) is 0 Å². The molecule has 0 saturated heterocycles. The maximum absolute atomic E-state index is 14.0. The zero-order chi connectivity index (χ0) is 12.4. The highest BCUT2D eigenvalue weighted by Crippen LogP contribution is 2.35. The first-order chi connectivity index (χ1) is 8.11. The summed E-state index contributed by atoms with van der Waals surface area (Å²) in [6.07, 6.45) is 0. The molecule has 0 aliphatic carbocycles. The average molecular weight is 333 g/mol. The average Bonchev–Trinajstić information content (AvgIpc) is 2.71. The van der Waals surface area contributed by atoms with Crippen LogP contribution in [0.1, 0.15) is 11.3 Å². The van der Waals surface area contributed by atoms with Gasteiger partial charge in [-0.15, -0.1) is 11.3 Å². The first-order valence-corrected chi connectivity index (χ1v) is 7.37. The quantitative estimate of drug-likeness (QED) is 0.924. The van der Waals surface area contributed by atoms with Gasteiger partial charge in [0.2, 0.25) is 0 Å². The molecule has 6 heteroatoms. The van der Waals surface area contributed by atoms with Crippen LogP contribution in [0.4, 0.5) is 4.39 Å². The molecule has 1 aromatic heterocycles. The molecule has 17 heavy (non-hydrogen) atoms. The lowest BCUT2D eigenvalue weighted by molar-refractivity contribution is 0.592. The Bertz CT molecular complexity index is 542. The standard InChI is InChI=1S/C11H10BrFN2S2/c1-6-5-16-11(15-6)17-8-3-2-7(4-14)9(12)10(8)13/h2-3,5H,4,14H2,1H3. The smallest absolute Gasteiger partial charge is 0.154 e. The number of rotatable bonds is 3. The fourth-order valence-electron chi connectivity index (χ4n) is 1.28. The fraction of sp³-hybridized carbons (Fsp3) is 0.182. The molecule has 0 bridgehead atoms. The topological polar surface area (TPSA) is 38.9 Å². The fourth-order valence-corrected chi connectivity index (χ4v) is 3.75. The van der Waals surface area contributed by atoms with E-state index >= 15 is 0 Å². The monoisotopic (exact) mass is 332 g/mol. The minimum Gasteiger partial charge on any atom is -0.326 e. The molecule has 90 valence electrons. The normalized spacial score (nSPS) is 10.8. The Morgan fingerprint density at radius 3 is 2.88 bits per heavy atom. The van der Waals surface area contributed by atoms with Gasteiger partial charge in [0, 0.05) is 17.6 Å². The Kier molecular flexibility index (Phi) is 4.19. The van der Waals surface area contributed by atoms with E-state index in [1.807, 2.05) is 18.4 Å². The van der Waals surface area contributed by atoms with Gasteiger partial charge in [-0.3, -0.25) is 0 Å². The zero-order valence-corrected chi connectivity index (χ0v) is 12.3. The van der Waals surface area contributed by atoms with Crippen molar-refractivity contribution >= 4 is 39.0 Å². The van der Waals surface area contributed by atoms with Gasteiger partial charge in [0.15, 0.2) is 10.2 Å². The van der Waals surface area contributed by atoms with Crippen molar-refractivity contribution in [3.05, 3.63) is 39.1 Å². The van der Waals surface area contributed by atoms with Gasteiger partial charge in [0.1, 0.15) is 0 Å². The number of aryl methyl sites for hydroxylation is 1. The first-order valence-electron chi connectivity index (χ1n) is 4.88. The molecule has 0 aliphatic rings. The van der Waals surface area contributed by atoms with Crippen LogP contribution in [0.5, 0.6) is 0 Å². The van der Waals surface area contributed by atoms with E-state index in [1.165, 1.54) is 23.1 Å². The summed E-state index contributed by atoms with van der Waals surface area (Å²) in [4.78, 5) is 4.85. The number of nitrogens with two attached hydrogens (primary N) is 1. The van der Waals surface area contributed by atoms with Gasteiger partial charge >= 0.3 is 0 Å². The van der Waals surface area contributed by atoms with Gasteiger partial charge in [-0.2, -0.15) is 0 Å². The van der Waals surface area contributed by atoms with Crippen molar-refractivity contribution in [2.24, 2.45) is 5.73 Å². The molecular formula is C11H10BrFN2S2. The molecule has 1 heterocycles. The molecule has 0 radical (unpaired) electrons. The Hall–Kier alpha value is -0.430. The van der Waals surface area contributed by atoms with E-state index < -0.39 is 0 Å². The van der Waals surface area contributed by atoms with Crippen molar-refractivity contribution < 1.29 is 4.39 Å². The van der Waals surface area contributed by atoms with Gasteiger partial charge in [-0.25, -0.2) is 9.37 Å². The van der Waals surface area contributed by atoms with Crippen molar-refractivity contribution in [2.45, 2.75) is 22.7 Å². The second-order valence-electron chi connectivity index (χ2n) is 3.41. The van der Waals surface area contributed by atoms with Crippen LogP contribution in [0.15, 0.2) is 31.2 Å². The van der Waals surface area contributed by atoms with Gasteiger partial charge < -0.3 is 5.73 Å². The Balaban J connectivity index is 2.31. The van der Waals surface area contributed by atoms with Crippen LogP contribution in [-0.2, 0) is 6.54 Å². The molecule has 0 amide bonds. The van der Waals surface area contributed by atoms with E-state index in [0.717, 1.165) is 15.6 Å². The van der Waals surface area contributed by atoms with Gasteiger partial charge in [0.25, 0.3) is 0 Å². The number of hydrogen-bond acceptors (Lipinski definition) is 4. The lowest BCUT2D eigenvalue weighted by Crippen LogP contribution is -1.99. The van der Waals surface area contributed by atoms with E-state index in [9.17, 15) is 4.39 Å². The van der Waals surface area contributed by atoms with Crippen LogP contribution >= 0.6 is 39.0 Å². The molecule has 0 aliphatic heterocycles. The molecule has 0 fully saturated rings. The second-order valence-corrected chi connectivity index (χ2v) is 6.35. The second kappa shape index (κ2) is 5.48. The number of thiazole rings is 1. The predicted octanol–water partition coefficient (Wildman–Crippen LogP) is 3.96. The Morgan fingerprint density at radius 2 is 2.29 bits per heavy atom. The molecule has 0 atom stereocenters. The molecule has 2 N–H and O–H groups in total. The minimum absolute atomic E-state index is 0.272. The number of hydrogen-bond donors (Lipinski definition) is 1. The first kappa shape index (κ1) is 13.0. The lowest BCUT2D eigenvalue weighted by atomic mass is 10.2. The number of aromatic nitrogens is 1. The third-order valence-electron chi connectivity index (χ3n) is 2.14. The van der Waals surface area contributed by atoms with Crippen molar-refractivity contribution in [3.63, 3.8) is 0 Å². The molecule has 2 rings (SSSR count). The van der Waals surface area contributed by atoms with Crippen LogP contribution in [0, 0.1) is 12.7 Å². The summed E-state index contributed by atoms with van der Waals surface area (Å²) in [6.45, 7) is 2.24. The Morgan fingerprint density at radius 1 is 1.53 bits per heavy atom. The maximum atomic E-state index is 14.0. The number of halogens is 2. The van der Waals surface area contributed by atoms with Crippen LogP contribution in [-0.4, -0.2) is 4.98 Å². The van der Waals surface area contributed by atoms with Gasteiger partial charge in [-0.1, -0.05) is 17.8 Å². The number of nitrogens with zero attached hydrogens (tertiary/aromatic N) is 1. The van der Waals surface area contributed by atoms with E-state index in [2.05, 4.69) is 20.9 Å². The molecule has 0 spiro atoms. The van der Waals surface area contributed by atoms with Gasteiger partial charge in [-0.05, 0) is 34.5 Å². The van der Waals surface area contributed by atoms with Crippen molar-refractivity contribution in [1.82, 2.24) is 4.98 Å². The van der Waals surface area contributed by atoms with E-state index in [-0.39, 0.29) is 5.82 Å². The van der Waals surface area contributed by atoms with E-state index in [1.54, 1.807) is 6.07 Å².